The van der Waals surface area contributed by atoms with Gasteiger partial charge in [0.1, 0.15) is 11.6 Å². The average molecular weight is 371 g/mol. The predicted molar refractivity (Wildman–Crippen MR) is 99.9 cm³/mol. The van der Waals surface area contributed by atoms with Crippen LogP contribution in [-0.4, -0.2) is 40.0 Å². The number of piperidine rings is 1. The number of hydrogen-bond acceptors (Lipinski definition) is 6. The van der Waals surface area contributed by atoms with Crippen LogP contribution in [0.3, 0.4) is 0 Å². The van der Waals surface area contributed by atoms with E-state index in [4.69, 9.17) is 4.52 Å². The first kappa shape index (κ1) is 17.8. The quantitative estimate of drug-likeness (QED) is 0.874. The van der Waals surface area contributed by atoms with Crippen LogP contribution in [0.1, 0.15) is 53.9 Å². The molecule has 3 heterocycles. The molecule has 2 aliphatic rings. The number of carbonyl (C=O) groups excluding carboxylic acids is 1. The molecule has 2 aromatic heterocycles. The van der Waals surface area contributed by atoms with Gasteiger partial charge in [-0.2, -0.15) is 5.10 Å². The molecule has 0 spiro atoms. The van der Waals surface area contributed by atoms with E-state index in [1.54, 1.807) is 13.1 Å². The summed E-state index contributed by atoms with van der Waals surface area (Å²) >= 11 is 0. The van der Waals surface area contributed by atoms with Crippen molar-refractivity contribution in [3.05, 3.63) is 39.5 Å². The molecule has 1 aliphatic carbocycles. The second-order valence-corrected chi connectivity index (χ2v) is 7.35. The number of amides is 1. The third-order valence-corrected chi connectivity index (χ3v) is 5.53. The van der Waals surface area contributed by atoms with Crippen molar-refractivity contribution in [2.75, 3.05) is 18.0 Å². The van der Waals surface area contributed by atoms with Gasteiger partial charge in [-0.15, -0.1) is 0 Å². The number of aromatic nitrogens is 3. The van der Waals surface area contributed by atoms with Gasteiger partial charge in [0, 0.05) is 44.2 Å². The molecular formula is C19H25N5O3. The Labute approximate surface area is 157 Å². The van der Waals surface area contributed by atoms with Gasteiger partial charge in [0.05, 0.1) is 0 Å². The summed E-state index contributed by atoms with van der Waals surface area (Å²) in [6.45, 7) is 1.39. The Morgan fingerprint density at radius 1 is 1.26 bits per heavy atom. The van der Waals surface area contributed by atoms with Crippen molar-refractivity contribution in [3.8, 4) is 0 Å². The number of hydrogen-bond donors (Lipinski definition) is 1. The van der Waals surface area contributed by atoms with Crippen LogP contribution in [0.4, 0.5) is 5.82 Å². The Balaban J connectivity index is 1.45. The lowest BCUT2D eigenvalue weighted by Crippen LogP contribution is -2.47. The molecule has 0 bridgehead atoms. The van der Waals surface area contributed by atoms with E-state index in [-0.39, 0.29) is 17.5 Å². The number of nitrogens with one attached hydrogen (secondary N) is 1. The van der Waals surface area contributed by atoms with Crippen molar-refractivity contribution in [1.82, 2.24) is 20.3 Å². The maximum absolute atomic E-state index is 12.6. The summed E-state index contributed by atoms with van der Waals surface area (Å²) in [4.78, 5) is 26.4. The fourth-order valence-electron chi connectivity index (χ4n) is 4.01. The molecule has 1 unspecified atom stereocenters. The van der Waals surface area contributed by atoms with Gasteiger partial charge in [-0.05, 0) is 44.6 Å². The number of aryl methyl sites for hydroxylation is 2. The standard InChI is InChI=1S/C19H25N5O3/c1-23-17(25)10-9-16(21-23)24-11-5-4-6-13(24)12-20-19(26)18-14-7-2-3-8-15(14)27-22-18/h9-10,13H,2-8,11-12H2,1H3,(H,20,26). The SMILES string of the molecule is Cn1nc(N2CCCCC2CNC(=O)c2noc3c2CCCC3)ccc1=O. The highest BCUT2D eigenvalue weighted by Crippen LogP contribution is 2.25. The molecular weight excluding hydrogens is 346 g/mol. The lowest BCUT2D eigenvalue weighted by atomic mass is 9.96. The summed E-state index contributed by atoms with van der Waals surface area (Å²) in [6.07, 6.45) is 7.05. The van der Waals surface area contributed by atoms with Crippen LogP contribution in [0.5, 0.6) is 0 Å². The first-order valence-corrected chi connectivity index (χ1v) is 9.70. The third kappa shape index (κ3) is 3.61. The van der Waals surface area contributed by atoms with Gasteiger partial charge in [-0.1, -0.05) is 5.16 Å². The van der Waals surface area contributed by atoms with Gasteiger partial charge in [0.25, 0.3) is 11.5 Å². The van der Waals surface area contributed by atoms with Crippen molar-refractivity contribution in [1.29, 1.82) is 0 Å². The minimum absolute atomic E-state index is 0.128. The van der Waals surface area contributed by atoms with E-state index in [9.17, 15) is 9.59 Å². The van der Waals surface area contributed by atoms with Crippen LogP contribution in [-0.2, 0) is 19.9 Å². The molecule has 0 saturated carbocycles. The Hall–Kier alpha value is -2.64. The summed E-state index contributed by atoms with van der Waals surface area (Å²) in [5, 5.41) is 11.4. The number of fused-ring (bicyclic) bond motifs is 1. The molecule has 0 radical (unpaired) electrons. The van der Waals surface area contributed by atoms with Crippen molar-refractivity contribution >= 4 is 11.7 Å². The maximum atomic E-state index is 12.6. The molecule has 8 heteroatoms. The molecule has 1 N–H and O–H groups in total. The van der Waals surface area contributed by atoms with E-state index in [0.29, 0.717) is 12.2 Å². The zero-order valence-corrected chi connectivity index (χ0v) is 15.6. The van der Waals surface area contributed by atoms with Crippen molar-refractivity contribution in [2.45, 2.75) is 51.0 Å². The molecule has 27 heavy (non-hydrogen) atoms. The molecule has 1 aliphatic heterocycles. The largest absolute Gasteiger partial charge is 0.360 e. The van der Waals surface area contributed by atoms with Crippen LogP contribution in [0, 0.1) is 0 Å². The summed E-state index contributed by atoms with van der Waals surface area (Å²) in [7, 11) is 1.65. The fraction of sp³-hybridized carbons (Fsp3) is 0.579. The minimum Gasteiger partial charge on any atom is -0.360 e. The predicted octanol–water partition coefficient (Wildman–Crippen LogP) is 1.44. The molecule has 1 fully saturated rings. The normalized spacial score (nSPS) is 19.6. The zero-order chi connectivity index (χ0) is 18.8. The van der Waals surface area contributed by atoms with Gasteiger partial charge in [-0.3, -0.25) is 9.59 Å². The maximum Gasteiger partial charge on any atom is 0.273 e. The molecule has 2 aromatic rings. The monoisotopic (exact) mass is 371 g/mol. The zero-order valence-electron chi connectivity index (χ0n) is 15.6. The number of nitrogens with zero attached hydrogens (tertiary/aromatic N) is 4. The highest BCUT2D eigenvalue weighted by atomic mass is 16.5. The van der Waals surface area contributed by atoms with Crippen molar-refractivity contribution in [3.63, 3.8) is 0 Å². The highest BCUT2D eigenvalue weighted by Gasteiger charge is 2.27. The van der Waals surface area contributed by atoms with E-state index in [0.717, 1.165) is 68.6 Å². The molecule has 144 valence electrons. The van der Waals surface area contributed by atoms with E-state index in [1.807, 2.05) is 0 Å². The molecule has 4 rings (SSSR count). The van der Waals surface area contributed by atoms with E-state index < -0.39 is 0 Å². The highest BCUT2D eigenvalue weighted by molar-refractivity contribution is 5.93. The molecule has 1 saturated heterocycles. The second-order valence-electron chi connectivity index (χ2n) is 7.35. The molecule has 1 amide bonds. The second kappa shape index (κ2) is 7.54. The lowest BCUT2D eigenvalue weighted by Gasteiger charge is -2.36. The Bertz CT molecular complexity index is 888. The van der Waals surface area contributed by atoms with E-state index in [2.05, 4.69) is 20.5 Å². The number of anilines is 1. The summed E-state index contributed by atoms with van der Waals surface area (Å²) in [5.41, 5.74) is 1.28. The topological polar surface area (TPSA) is 93.3 Å². The number of rotatable bonds is 4. The molecule has 1 atom stereocenters. The summed E-state index contributed by atoms with van der Waals surface area (Å²) in [6, 6.07) is 3.44. The van der Waals surface area contributed by atoms with Crippen molar-refractivity contribution in [2.24, 2.45) is 7.05 Å². The van der Waals surface area contributed by atoms with Gasteiger partial charge in [0.2, 0.25) is 0 Å². The molecule has 8 nitrogen and oxygen atoms in total. The van der Waals surface area contributed by atoms with Gasteiger partial charge in [0.15, 0.2) is 5.69 Å². The number of carbonyl (C=O) groups is 1. The fourth-order valence-corrected chi connectivity index (χ4v) is 4.01. The smallest absolute Gasteiger partial charge is 0.273 e. The van der Waals surface area contributed by atoms with Gasteiger partial charge >= 0.3 is 0 Å². The van der Waals surface area contributed by atoms with Crippen LogP contribution in [0.2, 0.25) is 0 Å². The van der Waals surface area contributed by atoms with Crippen LogP contribution >= 0.6 is 0 Å². The van der Waals surface area contributed by atoms with Crippen LogP contribution in [0.15, 0.2) is 21.5 Å². The summed E-state index contributed by atoms with van der Waals surface area (Å²) < 4.78 is 6.70. The Kier molecular flexibility index (Phi) is 4.96. The lowest BCUT2D eigenvalue weighted by molar-refractivity contribution is 0.0939. The van der Waals surface area contributed by atoms with E-state index in [1.165, 1.54) is 10.7 Å². The first-order chi connectivity index (χ1) is 13.1. The third-order valence-electron chi connectivity index (χ3n) is 5.53. The Morgan fingerprint density at radius 2 is 2.11 bits per heavy atom. The van der Waals surface area contributed by atoms with Gasteiger partial charge < -0.3 is 14.7 Å². The average Bonchev–Trinajstić information content (AvgIpc) is 3.13. The van der Waals surface area contributed by atoms with Gasteiger partial charge in [-0.25, -0.2) is 4.68 Å². The van der Waals surface area contributed by atoms with E-state index >= 15 is 0 Å². The summed E-state index contributed by atoms with van der Waals surface area (Å²) in [5.74, 6) is 1.47. The minimum atomic E-state index is -0.166. The first-order valence-electron chi connectivity index (χ1n) is 9.70. The Morgan fingerprint density at radius 3 is 2.96 bits per heavy atom. The van der Waals surface area contributed by atoms with Crippen molar-refractivity contribution < 1.29 is 9.32 Å². The van der Waals surface area contributed by atoms with Crippen LogP contribution in [0.25, 0.3) is 0 Å². The molecule has 0 aromatic carbocycles. The van der Waals surface area contributed by atoms with Crippen LogP contribution < -0.4 is 15.8 Å².